The SMILES string of the molecule is CCOC(=O)C1(I)CCNCC1. The van der Waals surface area contributed by atoms with Crippen LogP contribution in [0.15, 0.2) is 0 Å². The van der Waals surface area contributed by atoms with Gasteiger partial charge in [-0.25, -0.2) is 0 Å². The molecule has 1 saturated heterocycles. The second kappa shape index (κ2) is 4.41. The van der Waals surface area contributed by atoms with Gasteiger partial charge in [0.05, 0.1) is 6.61 Å². The summed E-state index contributed by atoms with van der Waals surface area (Å²) in [5.41, 5.74) is 0. The molecular weight excluding hydrogens is 269 g/mol. The lowest BCUT2D eigenvalue weighted by Crippen LogP contribution is -2.44. The molecule has 0 aromatic carbocycles. The number of hydrogen-bond donors (Lipinski definition) is 1. The van der Waals surface area contributed by atoms with E-state index in [9.17, 15) is 4.79 Å². The fraction of sp³-hybridized carbons (Fsp3) is 0.875. The Bertz CT molecular complexity index is 166. The first kappa shape index (κ1) is 10.2. The number of hydrogen-bond acceptors (Lipinski definition) is 3. The van der Waals surface area contributed by atoms with Gasteiger partial charge >= 0.3 is 5.97 Å². The van der Waals surface area contributed by atoms with Gasteiger partial charge in [-0.05, 0) is 32.9 Å². The number of alkyl halides is 1. The van der Waals surface area contributed by atoms with Crippen LogP contribution in [0.25, 0.3) is 0 Å². The highest BCUT2D eigenvalue weighted by atomic mass is 127. The summed E-state index contributed by atoms with van der Waals surface area (Å²) < 4.78 is 4.75. The maximum atomic E-state index is 11.5. The molecule has 0 aromatic heterocycles. The van der Waals surface area contributed by atoms with Crippen LogP contribution in [0.3, 0.4) is 0 Å². The van der Waals surface area contributed by atoms with Crippen LogP contribution < -0.4 is 5.32 Å². The van der Waals surface area contributed by atoms with Gasteiger partial charge in [-0.2, -0.15) is 0 Å². The third-order valence-electron chi connectivity index (χ3n) is 2.04. The van der Waals surface area contributed by atoms with Crippen molar-refractivity contribution in [2.45, 2.75) is 23.2 Å². The molecular formula is C8H14INO2. The second-order valence-electron chi connectivity index (χ2n) is 2.94. The van der Waals surface area contributed by atoms with Crippen LogP contribution in [0.5, 0.6) is 0 Å². The Morgan fingerprint density at radius 2 is 2.17 bits per heavy atom. The number of carbonyl (C=O) groups excluding carboxylic acids is 1. The topological polar surface area (TPSA) is 38.3 Å². The summed E-state index contributed by atoms with van der Waals surface area (Å²) in [5, 5.41) is 3.22. The number of rotatable bonds is 2. The van der Waals surface area contributed by atoms with Crippen LogP contribution in [0.4, 0.5) is 0 Å². The molecule has 3 nitrogen and oxygen atoms in total. The minimum Gasteiger partial charge on any atom is -0.465 e. The van der Waals surface area contributed by atoms with E-state index in [0.717, 1.165) is 25.9 Å². The van der Waals surface area contributed by atoms with Crippen molar-refractivity contribution < 1.29 is 9.53 Å². The average Bonchev–Trinajstić information content (AvgIpc) is 2.06. The lowest BCUT2D eigenvalue weighted by atomic mass is 9.98. The Balaban J connectivity index is 2.50. The molecule has 0 amide bonds. The van der Waals surface area contributed by atoms with Crippen molar-refractivity contribution in [3.8, 4) is 0 Å². The lowest BCUT2D eigenvalue weighted by molar-refractivity contribution is -0.146. The quantitative estimate of drug-likeness (QED) is 0.468. The van der Waals surface area contributed by atoms with Crippen LogP contribution in [0.2, 0.25) is 0 Å². The smallest absolute Gasteiger partial charge is 0.322 e. The van der Waals surface area contributed by atoms with Crippen LogP contribution in [0.1, 0.15) is 19.8 Å². The van der Waals surface area contributed by atoms with Crippen molar-refractivity contribution in [1.82, 2.24) is 5.32 Å². The summed E-state index contributed by atoms with van der Waals surface area (Å²) in [6.45, 7) is 4.17. The molecule has 4 heteroatoms. The predicted molar refractivity (Wildman–Crippen MR) is 55.5 cm³/mol. The van der Waals surface area contributed by atoms with Crippen LogP contribution >= 0.6 is 22.6 Å². The van der Waals surface area contributed by atoms with Crippen LogP contribution in [-0.4, -0.2) is 29.1 Å². The molecule has 1 aliphatic rings. The van der Waals surface area contributed by atoms with E-state index < -0.39 is 0 Å². The van der Waals surface area contributed by atoms with Gasteiger partial charge < -0.3 is 10.1 Å². The molecule has 1 aliphatic heterocycles. The summed E-state index contributed by atoms with van der Waals surface area (Å²) in [7, 11) is 0. The van der Waals surface area contributed by atoms with Crippen molar-refractivity contribution in [1.29, 1.82) is 0 Å². The maximum absolute atomic E-state index is 11.5. The Hall–Kier alpha value is 0.160. The Labute approximate surface area is 86.4 Å². The summed E-state index contributed by atoms with van der Waals surface area (Å²) in [5.74, 6) is -0.0490. The van der Waals surface area contributed by atoms with E-state index in [-0.39, 0.29) is 9.39 Å². The Morgan fingerprint density at radius 1 is 1.58 bits per heavy atom. The molecule has 70 valence electrons. The van der Waals surface area contributed by atoms with E-state index in [1.54, 1.807) is 0 Å². The fourth-order valence-corrected chi connectivity index (χ4v) is 1.98. The third kappa shape index (κ3) is 2.32. The Morgan fingerprint density at radius 3 is 2.67 bits per heavy atom. The van der Waals surface area contributed by atoms with E-state index in [0.29, 0.717) is 6.61 Å². The monoisotopic (exact) mass is 283 g/mol. The molecule has 1 N–H and O–H groups in total. The van der Waals surface area contributed by atoms with Crippen LogP contribution in [0, 0.1) is 0 Å². The highest BCUT2D eigenvalue weighted by Crippen LogP contribution is 2.30. The van der Waals surface area contributed by atoms with Gasteiger partial charge in [0, 0.05) is 0 Å². The zero-order valence-electron chi connectivity index (χ0n) is 7.23. The van der Waals surface area contributed by atoms with Crippen LogP contribution in [-0.2, 0) is 9.53 Å². The summed E-state index contributed by atoms with van der Waals surface area (Å²) in [6, 6.07) is 0. The van der Waals surface area contributed by atoms with Crippen molar-refractivity contribution in [3.63, 3.8) is 0 Å². The number of piperidine rings is 1. The molecule has 1 rings (SSSR count). The molecule has 0 spiro atoms. The molecule has 0 bridgehead atoms. The summed E-state index contributed by atoms with van der Waals surface area (Å²) >= 11 is 2.22. The zero-order chi connectivity index (χ0) is 9.03. The van der Waals surface area contributed by atoms with Crippen molar-refractivity contribution >= 4 is 28.6 Å². The number of ether oxygens (including phenoxy) is 1. The van der Waals surface area contributed by atoms with Crippen molar-refractivity contribution in [3.05, 3.63) is 0 Å². The first-order chi connectivity index (χ1) is 5.69. The van der Waals surface area contributed by atoms with Gasteiger partial charge in [0.15, 0.2) is 0 Å². The van der Waals surface area contributed by atoms with Crippen molar-refractivity contribution in [2.75, 3.05) is 19.7 Å². The molecule has 1 fully saturated rings. The molecule has 0 aromatic rings. The van der Waals surface area contributed by atoms with Gasteiger partial charge in [-0.15, -0.1) is 0 Å². The maximum Gasteiger partial charge on any atom is 0.322 e. The molecule has 12 heavy (non-hydrogen) atoms. The number of carbonyl (C=O) groups is 1. The molecule has 0 saturated carbocycles. The van der Waals surface area contributed by atoms with Crippen molar-refractivity contribution in [2.24, 2.45) is 0 Å². The summed E-state index contributed by atoms with van der Waals surface area (Å²) in [4.78, 5) is 11.5. The van der Waals surface area contributed by atoms with Gasteiger partial charge in [0.1, 0.15) is 3.42 Å². The van der Waals surface area contributed by atoms with E-state index in [4.69, 9.17) is 4.74 Å². The number of esters is 1. The van der Waals surface area contributed by atoms with E-state index in [1.807, 2.05) is 6.92 Å². The normalized spacial score (nSPS) is 21.8. The minimum absolute atomic E-state index is 0.0490. The van der Waals surface area contributed by atoms with Gasteiger partial charge in [0.2, 0.25) is 0 Å². The number of halogens is 1. The van der Waals surface area contributed by atoms with E-state index >= 15 is 0 Å². The largest absolute Gasteiger partial charge is 0.465 e. The predicted octanol–water partition coefficient (Wildman–Crippen LogP) is 1.11. The molecule has 1 heterocycles. The highest BCUT2D eigenvalue weighted by molar-refractivity contribution is 14.1. The van der Waals surface area contributed by atoms with Gasteiger partial charge in [-0.1, -0.05) is 22.6 Å². The molecule has 0 aliphatic carbocycles. The standard InChI is InChI=1S/C8H14INO2/c1-2-12-7(11)8(9)3-5-10-6-4-8/h10H,2-6H2,1H3. The average molecular weight is 283 g/mol. The first-order valence-corrected chi connectivity index (χ1v) is 5.34. The van der Waals surface area contributed by atoms with Gasteiger partial charge in [0.25, 0.3) is 0 Å². The molecule has 0 radical (unpaired) electrons. The highest BCUT2D eigenvalue weighted by Gasteiger charge is 2.37. The fourth-order valence-electron chi connectivity index (χ4n) is 1.29. The summed E-state index contributed by atoms with van der Waals surface area (Å²) in [6.07, 6.45) is 1.76. The zero-order valence-corrected chi connectivity index (χ0v) is 9.39. The Kier molecular flexibility index (Phi) is 3.77. The van der Waals surface area contributed by atoms with E-state index in [2.05, 4.69) is 27.9 Å². The first-order valence-electron chi connectivity index (χ1n) is 4.26. The third-order valence-corrected chi connectivity index (χ3v) is 3.56. The van der Waals surface area contributed by atoms with E-state index in [1.165, 1.54) is 0 Å². The molecule has 0 unspecified atom stereocenters. The number of nitrogens with one attached hydrogen (secondary N) is 1. The molecule has 0 atom stereocenters. The second-order valence-corrected chi connectivity index (χ2v) is 5.00. The lowest BCUT2D eigenvalue weighted by Gasteiger charge is -2.29. The minimum atomic E-state index is -0.265. The van der Waals surface area contributed by atoms with Gasteiger partial charge in [-0.3, -0.25) is 4.79 Å².